The van der Waals surface area contributed by atoms with Gasteiger partial charge in [-0.1, -0.05) is 0 Å². The van der Waals surface area contributed by atoms with Crippen molar-refractivity contribution in [3.05, 3.63) is 35.4 Å². The summed E-state index contributed by atoms with van der Waals surface area (Å²) in [7, 11) is 7.54. The van der Waals surface area contributed by atoms with Crippen molar-refractivity contribution in [2.45, 2.75) is 25.3 Å². The van der Waals surface area contributed by atoms with Crippen LogP contribution in [0.25, 0.3) is 0 Å². The second-order valence-electron chi connectivity index (χ2n) is 7.22. The monoisotopic (exact) mass is 373 g/mol. The fourth-order valence-corrected chi connectivity index (χ4v) is 3.48. The summed E-state index contributed by atoms with van der Waals surface area (Å²) in [6.07, 6.45) is 1.66. The SMILES string of the molecule is COc1ccc(C(=O)N2CCC(c3nnc(CN(C)C)n3C)CC2)c(O)c1. The fraction of sp³-hybridized carbons (Fsp3) is 0.526. The van der Waals surface area contributed by atoms with Gasteiger partial charge < -0.3 is 24.2 Å². The molecule has 1 saturated heterocycles. The minimum atomic E-state index is -0.153. The van der Waals surface area contributed by atoms with Crippen molar-refractivity contribution in [2.24, 2.45) is 7.05 Å². The van der Waals surface area contributed by atoms with Gasteiger partial charge in [-0.2, -0.15) is 0 Å². The Morgan fingerprint density at radius 2 is 2.00 bits per heavy atom. The number of hydrogen-bond acceptors (Lipinski definition) is 6. The lowest BCUT2D eigenvalue weighted by Crippen LogP contribution is -2.38. The van der Waals surface area contributed by atoms with E-state index < -0.39 is 0 Å². The number of carbonyl (C=O) groups excluding carboxylic acids is 1. The Morgan fingerprint density at radius 1 is 1.30 bits per heavy atom. The second kappa shape index (κ2) is 7.96. The van der Waals surface area contributed by atoms with Gasteiger partial charge in [0.1, 0.15) is 23.1 Å². The molecule has 1 aromatic carbocycles. The number of hydrogen-bond donors (Lipinski definition) is 1. The number of aromatic hydroxyl groups is 1. The number of piperidine rings is 1. The first-order valence-electron chi connectivity index (χ1n) is 9.10. The van der Waals surface area contributed by atoms with Crippen molar-refractivity contribution in [2.75, 3.05) is 34.3 Å². The van der Waals surface area contributed by atoms with Crippen LogP contribution in [0.2, 0.25) is 0 Å². The molecule has 0 unspecified atom stereocenters. The van der Waals surface area contributed by atoms with Crippen molar-refractivity contribution >= 4 is 5.91 Å². The molecular formula is C19H27N5O3. The van der Waals surface area contributed by atoms with Crippen LogP contribution in [0.3, 0.4) is 0 Å². The van der Waals surface area contributed by atoms with Crippen LogP contribution in [0.5, 0.6) is 11.5 Å². The Kier molecular flexibility index (Phi) is 5.65. The van der Waals surface area contributed by atoms with E-state index in [1.165, 1.54) is 13.2 Å². The number of benzene rings is 1. The van der Waals surface area contributed by atoms with Crippen LogP contribution in [-0.4, -0.2) is 69.9 Å². The average Bonchev–Trinajstić information content (AvgIpc) is 3.01. The van der Waals surface area contributed by atoms with Gasteiger partial charge >= 0.3 is 0 Å². The molecular weight excluding hydrogens is 346 g/mol. The summed E-state index contributed by atoms with van der Waals surface area (Å²) in [5.74, 6) is 2.52. The standard InChI is InChI=1S/C19H27N5O3/c1-22(2)12-17-20-21-18(23(17)3)13-7-9-24(10-8-13)19(26)15-6-5-14(27-4)11-16(15)25/h5-6,11,13,25H,7-10,12H2,1-4H3. The Morgan fingerprint density at radius 3 is 2.59 bits per heavy atom. The van der Waals surface area contributed by atoms with Gasteiger partial charge in [-0.05, 0) is 39.1 Å². The van der Waals surface area contributed by atoms with Crippen LogP contribution in [0.1, 0.15) is 40.8 Å². The van der Waals surface area contributed by atoms with E-state index in [0.717, 1.165) is 31.0 Å². The predicted octanol–water partition coefficient (Wildman–Crippen LogP) is 1.61. The Bertz CT molecular complexity index is 810. The fourth-order valence-electron chi connectivity index (χ4n) is 3.48. The van der Waals surface area contributed by atoms with Crippen LogP contribution >= 0.6 is 0 Å². The van der Waals surface area contributed by atoms with Crippen molar-refractivity contribution in [3.63, 3.8) is 0 Å². The summed E-state index contributed by atoms with van der Waals surface area (Å²) >= 11 is 0. The molecule has 2 heterocycles. The molecule has 3 rings (SSSR count). The molecule has 0 aliphatic carbocycles. The van der Waals surface area contributed by atoms with Crippen LogP contribution < -0.4 is 4.74 Å². The highest BCUT2D eigenvalue weighted by molar-refractivity contribution is 5.97. The number of likely N-dealkylation sites (tertiary alicyclic amines) is 1. The molecule has 0 bridgehead atoms. The molecule has 8 nitrogen and oxygen atoms in total. The van der Waals surface area contributed by atoms with E-state index in [4.69, 9.17) is 4.74 Å². The number of phenols is 1. The number of amides is 1. The number of nitrogens with zero attached hydrogens (tertiary/aromatic N) is 5. The van der Waals surface area contributed by atoms with Crippen molar-refractivity contribution in [1.82, 2.24) is 24.6 Å². The van der Waals surface area contributed by atoms with E-state index in [9.17, 15) is 9.90 Å². The van der Waals surface area contributed by atoms with E-state index in [1.807, 2.05) is 21.1 Å². The molecule has 0 saturated carbocycles. The third-order valence-electron chi connectivity index (χ3n) is 5.04. The summed E-state index contributed by atoms with van der Waals surface area (Å²) in [4.78, 5) is 16.6. The van der Waals surface area contributed by atoms with Crippen molar-refractivity contribution in [3.8, 4) is 11.5 Å². The molecule has 1 N–H and O–H groups in total. The molecule has 0 spiro atoms. The quantitative estimate of drug-likeness (QED) is 0.857. The van der Waals surface area contributed by atoms with Gasteiger partial charge in [-0.25, -0.2) is 0 Å². The summed E-state index contributed by atoms with van der Waals surface area (Å²) in [5, 5.41) is 18.8. The Hall–Kier alpha value is -2.61. The van der Waals surface area contributed by atoms with E-state index in [-0.39, 0.29) is 17.6 Å². The molecule has 0 radical (unpaired) electrons. The topological polar surface area (TPSA) is 83.7 Å². The molecule has 8 heteroatoms. The number of aromatic nitrogens is 3. The first-order valence-corrected chi connectivity index (χ1v) is 9.10. The molecule has 146 valence electrons. The summed E-state index contributed by atoms with van der Waals surface area (Å²) in [5.41, 5.74) is 0.307. The Labute approximate surface area is 159 Å². The van der Waals surface area contributed by atoms with Crippen LogP contribution in [-0.2, 0) is 13.6 Å². The smallest absolute Gasteiger partial charge is 0.257 e. The third kappa shape index (κ3) is 4.05. The third-order valence-corrected chi connectivity index (χ3v) is 5.04. The largest absolute Gasteiger partial charge is 0.507 e. The summed E-state index contributed by atoms with van der Waals surface area (Å²) in [6.45, 7) is 2.01. The number of ether oxygens (including phenoxy) is 1. The zero-order valence-electron chi connectivity index (χ0n) is 16.3. The minimum Gasteiger partial charge on any atom is -0.507 e. The summed E-state index contributed by atoms with van der Waals surface area (Å²) < 4.78 is 7.14. The summed E-state index contributed by atoms with van der Waals surface area (Å²) in [6, 6.07) is 4.76. The molecule has 0 atom stereocenters. The molecule has 1 aliphatic rings. The number of carbonyl (C=O) groups is 1. The molecule has 2 aromatic rings. The lowest BCUT2D eigenvalue weighted by Gasteiger charge is -2.31. The maximum Gasteiger partial charge on any atom is 0.257 e. The molecule has 27 heavy (non-hydrogen) atoms. The number of rotatable bonds is 5. The van der Waals surface area contributed by atoms with Gasteiger partial charge in [-0.3, -0.25) is 4.79 Å². The highest BCUT2D eigenvalue weighted by Gasteiger charge is 2.28. The van der Waals surface area contributed by atoms with Crippen molar-refractivity contribution in [1.29, 1.82) is 0 Å². The van der Waals surface area contributed by atoms with Crippen LogP contribution in [0.4, 0.5) is 0 Å². The average molecular weight is 373 g/mol. The van der Waals surface area contributed by atoms with Gasteiger partial charge in [0.2, 0.25) is 0 Å². The zero-order valence-corrected chi connectivity index (χ0v) is 16.3. The normalized spacial score (nSPS) is 15.4. The highest BCUT2D eigenvalue weighted by atomic mass is 16.5. The lowest BCUT2D eigenvalue weighted by molar-refractivity contribution is 0.0707. The zero-order chi connectivity index (χ0) is 19.6. The minimum absolute atomic E-state index is 0.0527. The molecule has 1 aromatic heterocycles. The molecule has 1 aliphatic heterocycles. The first kappa shape index (κ1) is 19.2. The van der Waals surface area contributed by atoms with Crippen LogP contribution in [0.15, 0.2) is 18.2 Å². The van der Waals surface area contributed by atoms with E-state index >= 15 is 0 Å². The van der Waals surface area contributed by atoms with Gasteiger partial charge in [0.05, 0.1) is 19.2 Å². The highest BCUT2D eigenvalue weighted by Crippen LogP contribution is 2.30. The van der Waals surface area contributed by atoms with E-state index in [1.54, 1.807) is 17.0 Å². The maximum absolute atomic E-state index is 12.7. The van der Waals surface area contributed by atoms with E-state index in [0.29, 0.717) is 24.4 Å². The van der Waals surface area contributed by atoms with E-state index in [2.05, 4.69) is 19.7 Å². The molecule has 1 fully saturated rings. The van der Waals surface area contributed by atoms with Crippen LogP contribution in [0, 0.1) is 0 Å². The maximum atomic E-state index is 12.7. The predicted molar refractivity (Wildman–Crippen MR) is 101 cm³/mol. The van der Waals surface area contributed by atoms with Gasteiger partial charge in [-0.15, -0.1) is 10.2 Å². The first-order chi connectivity index (χ1) is 12.9. The van der Waals surface area contributed by atoms with Gasteiger partial charge in [0, 0.05) is 32.1 Å². The lowest BCUT2D eigenvalue weighted by atomic mass is 9.95. The number of methoxy groups -OCH3 is 1. The van der Waals surface area contributed by atoms with Gasteiger partial charge in [0.25, 0.3) is 5.91 Å². The van der Waals surface area contributed by atoms with Gasteiger partial charge in [0.15, 0.2) is 0 Å². The molecule has 1 amide bonds. The second-order valence-corrected chi connectivity index (χ2v) is 7.22. The van der Waals surface area contributed by atoms with Crippen molar-refractivity contribution < 1.29 is 14.6 Å². The Balaban J connectivity index is 1.65. The number of phenolic OH excluding ortho intramolecular Hbond substituents is 1.